The lowest BCUT2D eigenvalue weighted by Crippen LogP contribution is -2.52. The zero-order chi connectivity index (χ0) is 22.7. The molecule has 2 heterocycles. The van der Waals surface area contributed by atoms with Gasteiger partial charge in [-0.05, 0) is 48.2 Å². The molecule has 170 valence electrons. The maximum atomic E-state index is 12.8. The fourth-order valence-corrected chi connectivity index (χ4v) is 3.94. The Kier molecular flexibility index (Phi) is 6.36. The van der Waals surface area contributed by atoms with Crippen molar-refractivity contribution in [3.8, 4) is 16.9 Å². The van der Waals surface area contributed by atoms with Crippen LogP contribution in [0.2, 0.25) is 0 Å². The van der Waals surface area contributed by atoms with Gasteiger partial charge in [0.15, 0.2) is 0 Å². The molecule has 2 saturated heterocycles. The molecule has 0 aliphatic carbocycles. The van der Waals surface area contributed by atoms with E-state index in [-0.39, 0.29) is 23.7 Å². The second-order valence-corrected chi connectivity index (χ2v) is 7.77. The largest absolute Gasteiger partial charge is 0.573 e. The fraction of sp³-hybridized carbons (Fsp3) is 0.391. The van der Waals surface area contributed by atoms with Gasteiger partial charge in [0.2, 0.25) is 0 Å². The molecule has 0 N–H and O–H groups in total. The molecule has 6 nitrogen and oxygen atoms in total. The molecular weight excluding hydrogens is 425 g/mol. The lowest BCUT2D eigenvalue weighted by atomic mass is 10.0. The van der Waals surface area contributed by atoms with E-state index in [4.69, 9.17) is 4.74 Å². The van der Waals surface area contributed by atoms with E-state index in [1.807, 2.05) is 0 Å². The van der Waals surface area contributed by atoms with Crippen LogP contribution in [-0.4, -0.2) is 66.9 Å². The Bertz CT molecular complexity index is 947. The van der Waals surface area contributed by atoms with E-state index in [2.05, 4.69) is 4.74 Å². The number of alkyl halides is 3. The van der Waals surface area contributed by atoms with Crippen molar-refractivity contribution in [2.24, 2.45) is 0 Å². The van der Waals surface area contributed by atoms with E-state index in [9.17, 15) is 22.8 Å². The fourth-order valence-electron chi connectivity index (χ4n) is 3.94. The van der Waals surface area contributed by atoms with Crippen molar-refractivity contribution in [3.05, 3.63) is 54.1 Å². The van der Waals surface area contributed by atoms with E-state index in [1.165, 1.54) is 24.3 Å². The Hall–Kier alpha value is -3.07. The molecule has 2 fully saturated rings. The summed E-state index contributed by atoms with van der Waals surface area (Å²) in [5.74, 6) is -0.398. The Morgan fingerprint density at radius 2 is 1.44 bits per heavy atom. The number of carbonyl (C=O) groups excluding carboxylic acids is 2. The molecule has 2 amide bonds. The van der Waals surface area contributed by atoms with Crippen molar-refractivity contribution < 1.29 is 32.2 Å². The topological polar surface area (TPSA) is 59.1 Å². The Morgan fingerprint density at radius 1 is 0.875 bits per heavy atom. The minimum absolute atomic E-state index is 0.00519. The summed E-state index contributed by atoms with van der Waals surface area (Å²) in [5, 5.41) is 0. The van der Waals surface area contributed by atoms with Crippen molar-refractivity contribution in [1.29, 1.82) is 0 Å². The third-order valence-corrected chi connectivity index (χ3v) is 5.64. The standard InChI is InChI=1S/C23H23F3N2O4/c24-23(25,26)32-19-9-7-17(8-10-19)16-3-5-18(6-4-16)21(29)27-11-13-28(14-12-27)22(30)20-2-1-15-31-20/h3-10,20H,1-2,11-15H2/t20-/m0/s1. The van der Waals surface area contributed by atoms with Crippen LogP contribution >= 0.6 is 0 Å². The second-order valence-electron chi connectivity index (χ2n) is 7.77. The van der Waals surface area contributed by atoms with Crippen LogP contribution in [-0.2, 0) is 9.53 Å². The van der Waals surface area contributed by atoms with Crippen LogP contribution in [0.3, 0.4) is 0 Å². The van der Waals surface area contributed by atoms with Crippen LogP contribution in [0.5, 0.6) is 5.75 Å². The average Bonchev–Trinajstić information content (AvgIpc) is 3.33. The third-order valence-electron chi connectivity index (χ3n) is 5.64. The highest BCUT2D eigenvalue weighted by Crippen LogP contribution is 2.27. The summed E-state index contributed by atoms with van der Waals surface area (Å²) in [6, 6.07) is 12.5. The van der Waals surface area contributed by atoms with Crippen LogP contribution in [0.1, 0.15) is 23.2 Å². The number of benzene rings is 2. The number of carbonyl (C=O) groups is 2. The molecule has 32 heavy (non-hydrogen) atoms. The molecule has 9 heteroatoms. The van der Waals surface area contributed by atoms with Crippen molar-refractivity contribution in [2.75, 3.05) is 32.8 Å². The quantitative estimate of drug-likeness (QED) is 0.716. The van der Waals surface area contributed by atoms with Gasteiger partial charge in [-0.1, -0.05) is 24.3 Å². The summed E-state index contributed by atoms with van der Waals surface area (Å²) in [4.78, 5) is 28.8. The van der Waals surface area contributed by atoms with E-state index < -0.39 is 6.36 Å². The van der Waals surface area contributed by atoms with Crippen LogP contribution in [0.25, 0.3) is 11.1 Å². The van der Waals surface area contributed by atoms with E-state index >= 15 is 0 Å². The highest BCUT2D eigenvalue weighted by molar-refractivity contribution is 5.95. The minimum atomic E-state index is -4.73. The minimum Gasteiger partial charge on any atom is -0.406 e. The van der Waals surface area contributed by atoms with Gasteiger partial charge < -0.3 is 19.3 Å². The Morgan fingerprint density at radius 3 is 1.97 bits per heavy atom. The van der Waals surface area contributed by atoms with Crippen LogP contribution in [0.15, 0.2) is 48.5 Å². The highest BCUT2D eigenvalue weighted by Gasteiger charge is 2.32. The smallest absolute Gasteiger partial charge is 0.406 e. The van der Waals surface area contributed by atoms with Gasteiger partial charge in [-0.3, -0.25) is 9.59 Å². The zero-order valence-electron chi connectivity index (χ0n) is 17.3. The normalized spacial score (nSPS) is 19.2. The highest BCUT2D eigenvalue weighted by atomic mass is 19.4. The SMILES string of the molecule is O=C(c1ccc(-c2ccc(OC(F)(F)F)cc2)cc1)N1CCN(C(=O)[C@@H]2CCCO2)CC1. The van der Waals surface area contributed by atoms with Crippen LogP contribution in [0, 0.1) is 0 Å². The average molecular weight is 448 g/mol. The summed E-state index contributed by atoms with van der Waals surface area (Å²) in [5.41, 5.74) is 2.00. The summed E-state index contributed by atoms with van der Waals surface area (Å²) < 4.78 is 46.2. The van der Waals surface area contributed by atoms with Gasteiger partial charge in [0.05, 0.1) is 0 Å². The van der Waals surface area contributed by atoms with Gasteiger partial charge in [-0.15, -0.1) is 13.2 Å². The first-order chi connectivity index (χ1) is 15.3. The van der Waals surface area contributed by atoms with Gasteiger partial charge in [-0.2, -0.15) is 0 Å². The van der Waals surface area contributed by atoms with Crippen molar-refractivity contribution >= 4 is 11.8 Å². The Labute approximate surface area is 183 Å². The number of hydrogen-bond donors (Lipinski definition) is 0. The molecule has 0 radical (unpaired) electrons. The summed E-state index contributed by atoms with van der Waals surface area (Å²) in [7, 11) is 0. The molecule has 2 aromatic rings. The van der Waals surface area contributed by atoms with E-state index in [1.54, 1.807) is 34.1 Å². The van der Waals surface area contributed by atoms with Gasteiger partial charge in [0, 0.05) is 38.3 Å². The number of nitrogens with zero attached hydrogens (tertiary/aromatic N) is 2. The number of ether oxygens (including phenoxy) is 2. The molecule has 2 aromatic carbocycles. The maximum absolute atomic E-state index is 12.8. The summed E-state index contributed by atoms with van der Waals surface area (Å²) >= 11 is 0. The molecule has 2 aliphatic rings. The van der Waals surface area contributed by atoms with Gasteiger partial charge in [0.1, 0.15) is 11.9 Å². The summed E-state index contributed by atoms with van der Waals surface area (Å²) in [6.07, 6.45) is -3.43. The van der Waals surface area contributed by atoms with Crippen molar-refractivity contribution in [2.45, 2.75) is 25.3 Å². The number of hydrogen-bond acceptors (Lipinski definition) is 4. The first-order valence-corrected chi connectivity index (χ1v) is 10.5. The predicted octanol–water partition coefficient (Wildman–Crippen LogP) is 3.72. The second kappa shape index (κ2) is 9.20. The first kappa shape index (κ1) is 22.1. The number of rotatable bonds is 4. The molecule has 0 aromatic heterocycles. The molecule has 4 rings (SSSR count). The number of amides is 2. The van der Waals surface area contributed by atoms with E-state index in [0.29, 0.717) is 43.9 Å². The predicted molar refractivity (Wildman–Crippen MR) is 110 cm³/mol. The van der Waals surface area contributed by atoms with Crippen molar-refractivity contribution in [3.63, 3.8) is 0 Å². The Balaban J connectivity index is 1.34. The third kappa shape index (κ3) is 5.21. The summed E-state index contributed by atoms with van der Waals surface area (Å²) in [6.45, 7) is 2.50. The molecule has 1 atom stereocenters. The zero-order valence-corrected chi connectivity index (χ0v) is 17.3. The van der Waals surface area contributed by atoms with Crippen molar-refractivity contribution in [1.82, 2.24) is 9.80 Å². The number of halogens is 3. The lowest BCUT2D eigenvalue weighted by Gasteiger charge is -2.35. The molecule has 0 bridgehead atoms. The molecular formula is C23H23F3N2O4. The van der Waals surface area contributed by atoms with Gasteiger partial charge in [0.25, 0.3) is 11.8 Å². The monoisotopic (exact) mass is 448 g/mol. The molecule has 0 saturated carbocycles. The molecule has 0 unspecified atom stereocenters. The number of piperazine rings is 1. The van der Waals surface area contributed by atoms with Crippen LogP contribution in [0.4, 0.5) is 13.2 Å². The lowest BCUT2D eigenvalue weighted by molar-refractivity contribution is -0.274. The molecule has 2 aliphatic heterocycles. The molecule has 0 spiro atoms. The van der Waals surface area contributed by atoms with E-state index in [0.717, 1.165) is 18.4 Å². The maximum Gasteiger partial charge on any atom is 0.573 e. The van der Waals surface area contributed by atoms with Gasteiger partial charge in [-0.25, -0.2) is 0 Å². The van der Waals surface area contributed by atoms with Crippen LogP contribution < -0.4 is 4.74 Å². The first-order valence-electron chi connectivity index (χ1n) is 10.5. The van der Waals surface area contributed by atoms with Gasteiger partial charge >= 0.3 is 6.36 Å².